The maximum atomic E-state index is 12.3. The molecule has 0 radical (unpaired) electrons. The fraction of sp³-hybridized carbons (Fsp3) is 0.571. The standard InChI is InChI=1S/C14H19F3N4O/c1-10-3-2-4-11(19-10)7-18-13(22)20-12-5-6-21(8-12)9-14(15,16)17/h2-4,12H,5-9H2,1H3,(H2,18,20,22)/t12-/m1/s1. The summed E-state index contributed by atoms with van der Waals surface area (Å²) in [6.07, 6.45) is -3.68. The van der Waals surface area contributed by atoms with Gasteiger partial charge in [-0.25, -0.2) is 4.79 Å². The number of pyridine rings is 1. The summed E-state index contributed by atoms with van der Waals surface area (Å²) in [5.74, 6) is 0. The van der Waals surface area contributed by atoms with E-state index in [1.807, 2.05) is 19.1 Å². The lowest BCUT2D eigenvalue weighted by Gasteiger charge is -2.18. The Morgan fingerprint density at radius 2 is 2.23 bits per heavy atom. The first-order chi connectivity index (χ1) is 10.3. The molecule has 8 heteroatoms. The summed E-state index contributed by atoms with van der Waals surface area (Å²) in [6.45, 7) is 1.77. The van der Waals surface area contributed by atoms with Crippen LogP contribution < -0.4 is 10.6 Å². The number of aromatic nitrogens is 1. The van der Waals surface area contributed by atoms with Crippen LogP contribution in [0.2, 0.25) is 0 Å². The number of carbonyl (C=O) groups excluding carboxylic acids is 1. The van der Waals surface area contributed by atoms with Crippen LogP contribution in [0.4, 0.5) is 18.0 Å². The van der Waals surface area contributed by atoms with Gasteiger partial charge in [0, 0.05) is 24.8 Å². The molecule has 5 nitrogen and oxygen atoms in total. The number of nitrogens with one attached hydrogen (secondary N) is 2. The Morgan fingerprint density at radius 1 is 1.45 bits per heavy atom. The molecule has 2 rings (SSSR count). The maximum Gasteiger partial charge on any atom is 0.401 e. The number of urea groups is 1. The van der Waals surface area contributed by atoms with Crippen molar-refractivity contribution in [3.05, 3.63) is 29.6 Å². The lowest BCUT2D eigenvalue weighted by molar-refractivity contribution is -0.143. The molecule has 1 aromatic heterocycles. The molecule has 22 heavy (non-hydrogen) atoms. The van der Waals surface area contributed by atoms with E-state index in [0.717, 1.165) is 11.4 Å². The predicted octanol–water partition coefficient (Wildman–Crippen LogP) is 1.83. The summed E-state index contributed by atoms with van der Waals surface area (Å²) >= 11 is 0. The molecule has 0 aliphatic carbocycles. The van der Waals surface area contributed by atoms with E-state index < -0.39 is 12.7 Å². The zero-order chi connectivity index (χ0) is 16.2. The van der Waals surface area contributed by atoms with Gasteiger partial charge in [0.25, 0.3) is 0 Å². The van der Waals surface area contributed by atoms with Gasteiger partial charge in [-0.2, -0.15) is 13.2 Å². The summed E-state index contributed by atoms with van der Waals surface area (Å²) in [6, 6.07) is 4.86. The van der Waals surface area contributed by atoms with Crippen molar-refractivity contribution in [1.82, 2.24) is 20.5 Å². The highest BCUT2D eigenvalue weighted by atomic mass is 19.4. The van der Waals surface area contributed by atoms with Gasteiger partial charge in [-0.3, -0.25) is 9.88 Å². The molecular formula is C14H19F3N4O. The van der Waals surface area contributed by atoms with Crippen molar-refractivity contribution < 1.29 is 18.0 Å². The molecule has 2 heterocycles. The van der Waals surface area contributed by atoms with Crippen LogP contribution in [0.1, 0.15) is 17.8 Å². The lowest BCUT2D eigenvalue weighted by atomic mass is 10.3. The van der Waals surface area contributed by atoms with Crippen LogP contribution in [0.15, 0.2) is 18.2 Å². The van der Waals surface area contributed by atoms with Gasteiger partial charge in [0.15, 0.2) is 0 Å². The largest absolute Gasteiger partial charge is 0.401 e. The number of hydrogen-bond donors (Lipinski definition) is 2. The van der Waals surface area contributed by atoms with E-state index in [1.54, 1.807) is 6.07 Å². The van der Waals surface area contributed by atoms with Crippen LogP contribution >= 0.6 is 0 Å². The van der Waals surface area contributed by atoms with E-state index in [4.69, 9.17) is 0 Å². The van der Waals surface area contributed by atoms with Gasteiger partial charge in [-0.15, -0.1) is 0 Å². The molecule has 122 valence electrons. The Hall–Kier alpha value is -1.83. The van der Waals surface area contributed by atoms with Crippen molar-refractivity contribution in [2.24, 2.45) is 0 Å². The average Bonchev–Trinajstić information content (AvgIpc) is 2.81. The fourth-order valence-electron chi connectivity index (χ4n) is 2.45. The van der Waals surface area contributed by atoms with Crippen molar-refractivity contribution in [2.45, 2.75) is 32.1 Å². The smallest absolute Gasteiger partial charge is 0.334 e. The van der Waals surface area contributed by atoms with Gasteiger partial charge < -0.3 is 10.6 Å². The molecule has 1 aliphatic heterocycles. The molecule has 0 bridgehead atoms. The van der Waals surface area contributed by atoms with E-state index in [2.05, 4.69) is 15.6 Å². The second-order valence-corrected chi connectivity index (χ2v) is 5.43. The molecule has 0 saturated carbocycles. The minimum atomic E-state index is -4.20. The van der Waals surface area contributed by atoms with Gasteiger partial charge in [0.2, 0.25) is 0 Å². The minimum absolute atomic E-state index is 0.218. The molecule has 1 fully saturated rings. The molecule has 0 spiro atoms. The first kappa shape index (κ1) is 16.5. The van der Waals surface area contributed by atoms with Crippen molar-refractivity contribution in [3.63, 3.8) is 0 Å². The van der Waals surface area contributed by atoms with Gasteiger partial charge in [0.05, 0.1) is 18.8 Å². The Morgan fingerprint density at radius 3 is 2.91 bits per heavy atom. The molecule has 2 N–H and O–H groups in total. The summed E-state index contributed by atoms with van der Waals surface area (Å²) in [7, 11) is 0. The number of nitrogens with zero attached hydrogens (tertiary/aromatic N) is 2. The average molecular weight is 316 g/mol. The zero-order valence-corrected chi connectivity index (χ0v) is 12.3. The number of hydrogen-bond acceptors (Lipinski definition) is 3. The quantitative estimate of drug-likeness (QED) is 0.891. The first-order valence-electron chi connectivity index (χ1n) is 7.08. The fourth-order valence-corrected chi connectivity index (χ4v) is 2.45. The van der Waals surface area contributed by atoms with E-state index >= 15 is 0 Å². The predicted molar refractivity (Wildman–Crippen MR) is 75.2 cm³/mol. The van der Waals surface area contributed by atoms with Crippen LogP contribution in [-0.2, 0) is 6.54 Å². The molecule has 2 amide bonds. The van der Waals surface area contributed by atoms with Crippen LogP contribution in [0, 0.1) is 6.92 Å². The highest BCUT2D eigenvalue weighted by Gasteiger charge is 2.34. The van der Waals surface area contributed by atoms with Gasteiger partial charge in [-0.05, 0) is 25.5 Å². The molecule has 0 aromatic carbocycles. The number of amides is 2. The molecule has 1 aromatic rings. The SMILES string of the molecule is Cc1cccc(CNC(=O)N[C@@H]2CCN(CC(F)(F)F)C2)n1. The Balaban J connectivity index is 1.72. The van der Waals surface area contributed by atoms with E-state index in [-0.39, 0.29) is 25.2 Å². The Kier molecular flexibility index (Phi) is 5.23. The Labute approximate surface area is 126 Å². The third kappa shape index (κ3) is 5.51. The minimum Gasteiger partial charge on any atom is -0.334 e. The van der Waals surface area contributed by atoms with Crippen LogP contribution in [0.3, 0.4) is 0 Å². The second kappa shape index (κ2) is 6.95. The molecular weight excluding hydrogens is 297 g/mol. The highest BCUT2D eigenvalue weighted by Crippen LogP contribution is 2.19. The van der Waals surface area contributed by atoms with Crippen LogP contribution in [0.25, 0.3) is 0 Å². The number of halogens is 3. The number of likely N-dealkylation sites (tertiary alicyclic amines) is 1. The topological polar surface area (TPSA) is 57.3 Å². The number of rotatable bonds is 4. The third-order valence-corrected chi connectivity index (χ3v) is 3.39. The van der Waals surface area contributed by atoms with Crippen molar-refractivity contribution in [1.29, 1.82) is 0 Å². The van der Waals surface area contributed by atoms with E-state index in [9.17, 15) is 18.0 Å². The monoisotopic (exact) mass is 316 g/mol. The summed E-state index contributed by atoms with van der Waals surface area (Å²) in [5, 5.41) is 5.36. The number of alkyl halides is 3. The van der Waals surface area contributed by atoms with Crippen LogP contribution in [0.5, 0.6) is 0 Å². The van der Waals surface area contributed by atoms with Gasteiger partial charge in [-0.1, -0.05) is 6.07 Å². The zero-order valence-electron chi connectivity index (χ0n) is 12.3. The Bertz CT molecular complexity index is 521. The van der Waals surface area contributed by atoms with E-state index in [1.165, 1.54) is 4.90 Å². The summed E-state index contributed by atoms with van der Waals surface area (Å²) < 4.78 is 36.9. The van der Waals surface area contributed by atoms with E-state index in [0.29, 0.717) is 13.0 Å². The number of aryl methyl sites for hydroxylation is 1. The number of carbonyl (C=O) groups is 1. The normalized spacial score (nSPS) is 19.2. The molecule has 1 saturated heterocycles. The molecule has 1 atom stereocenters. The summed E-state index contributed by atoms with van der Waals surface area (Å²) in [4.78, 5) is 17.3. The maximum absolute atomic E-state index is 12.3. The van der Waals surface area contributed by atoms with Gasteiger partial charge >= 0.3 is 12.2 Å². The van der Waals surface area contributed by atoms with Gasteiger partial charge in [0.1, 0.15) is 0 Å². The van der Waals surface area contributed by atoms with Crippen molar-refractivity contribution >= 4 is 6.03 Å². The third-order valence-electron chi connectivity index (χ3n) is 3.39. The summed E-state index contributed by atoms with van der Waals surface area (Å²) in [5.41, 5.74) is 1.60. The van der Waals surface area contributed by atoms with Crippen LogP contribution in [-0.4, -0.2) is 47.8 Å². The van der Waals surface area contributed by atoms with Crippen molar-refractivity contribution in [3.8, 4) is 0 Å². The molecule has 1 aliphatic rings. The highest BCUT2D eigenvalue weighted by molar-refractivity contribution is 5.74. The second-order valence-electron chi connectivity index (χ2n) is 5.43. The van der Waals surface area contributed by atoms with Crippen molar-refractivity contribution in [2.75, 3.05) is 19.6 Å². The first-order valence-corrected chi connectivity index (χ1v) is 7.08. The molecule has 0 unspecified atom stereocenters. The lowest BCUT2D eigenvalue weighted by Crippen LogP contribution is -2.43.